The number of aromatic nitrogens is 5. The standard InChI is InChI=1S/C16H19N5O2/c1-16(2,7-3-10-22)15-19-14(23-20-15)12-5-6-13(17-11-12)21-9-4-8-18-21/h4-6,8-9,11,22H,3,7,10H2,1-2H3. The first kappa shape index (κ1) is 15.4. The van der Waals surface area contributed by atoms with E-state index in [1.165, 1.54) is 0 Å². The minimum absolute atomic E-state index is 0.160. The molecule has 0 aliphatic rings. The number of hydrogen-bond donors (Lipinski definition) is 1. The van der Waals surface area contributed by atoms with Crippen LogP contribution in [-0.4, -0.2) is 36.6 Å². The number of rotatable bonds is 6. The summed E-state index contributed by atoms with van der Waals surface area (Å²) in [6, 6.07) is 5.57. The van der Waals surface area contributed by atoms with Gasteiger partial charge >= 0.3 is 0 Å². The average Bonchev–Trinajstić information content (AvgIpc) is 3.24. The Morgan fingerprint density at radius 2 is 2.17 bits per heavy atom. The quantitative estimate of drug-likeness (QED) is 0.751. The topological polar surface area (TPSA) is 89.9 Å². The van der Waals surface area contributed by atoms with Gasteiger partial charge < -0.3 is 9.63 Å². The number of pyridine rings is 1. The molecule has 3 aromatic heterocycles. The molecule has 0 aromatic carbocycles. The predicted molar refractivity (Wildman–Crippen MR) is 84.0 cm³/mol. The van der Waals surface area contributed by atoms with E-state index in [1.54, 1.807) is 17.1 Å². The summed E-state index contributed by atoms with van der Waals surface area (Å²) in [5, 5.41) is 17.2. The Kier molecular flexibility index (Phi) is 4.20. The van der Waals surface area contributed by atoms with Crippen LogP contribution in [-0.2, 0) is 5.41 Å². The van der Waals surface area contributed by atoms with Gasteiger partial charge in [-0.2, -0.15) is 10.1 Å². The fourth-order valence-corrected chi connectivity index (χ4v) is 2.30. The fraction of sp³-hybridized carbons (Fsp3) is 0.375. The Labute approximate surface area is 134 Å². The number of nitrogens with zero attached hydrogens (tertiary/aromatic N) is 5. The minimum atomic E-state index is -0.243. The third kappa shape index (κ3) is 3.29. The molecule has 3 rings (SSSR count). The summed E-state index contributed by atoms with van der Waals surface area (Å²) >= 11 is 0. The molecular formula is C16H19N5O2. The zero-order chi connectivity index (χ0) is 16.3. The van der Waals surface area contributed by atoms with E-state index in [0.717, 1.165) is 17.8 Å². The third-order valence-corrected chi connectivity index (χ3v) is 3.73. The van der Waals surface area contributed by atoms with Crippen LogP contribution in [0.3, 0.4) is 0 Å². The van der Waals surface area contributed by atoms with Crippen molar-refractivity contribution in [2.45, 2.75) is 32.1 Å². The Morgan fingerprint density at radius 1 is 1.30 bits per heavy atom. The molecule has 7 heteroatoms. The lowest BCUT2D eigenvalue weighted by atomic mass is 9.87. The van der Waals surface area contributed by atoms with Gasteiger partial charge in [0.1, 0.15) is 0 Å². The highest BCUT2D eigenvalue weighted by Gasteiger charge is 2.26. The average molecular weight is 313 g/mol. The van der Waals surface area contributed by atoms with Crippen LogP contribution < -0.4 is 0 Å². The highest BCUT2D eigenvalue weighted by molar-refractivity contribution is 5.52. The second-order valence-electron chi connectivity index (χ2n) is 5.99. The molecule has 0 aliphatic heterocycles. The number of aliphatic hydroxyl groups excluding tert-OH is 1. The summed E-state index contributed by atoms with van der Waals surface area (Å²) in [5.41, 5.74) is 0.519. The van der Waals surface area contributed by atoms with Gasteiger partial charge in [0, 0.05) is 30.6 Å². The molecule has 0 bridgehead atoms. The van der Waals surface area contributed by atoms with Crippen molar-refractivity contribution in [3.63, 3.8) is 0 Å². The Balaban J connectivity index is 1.80. The molecule has 3 heterocycles. The maximum atomic E-state index is 8.98. The van der Waals surface area contributed by atoms with Crippen LogP contribution in [0.1, 0.15) is 32.5 Å². The summed E-state index contributed by atoms with van der Waals surface area (Å²) in [5.74, 6) is 1.80. The van der Waals surface area contributed by atoms with Crippen LogP contribution in [0.15, 0.2) is 41.3 Å². The normalized spacial score (nSPS) is 11.8. The Bertz CT molecular complexity index is 747. The SMILES string of the molecule is CC(C)(CCCO)c1noc(-c2ccc(-n3cccn3)nc2)n1. The van der Waals surface area contributed by atoms with Crippen molar-refractivity contribution in [2.24, 2.45) is 0 Å². The van der Waals surface area contributed by atoms with E-state index in [2.05, 4.69) is 20.2 Å². The highest BCUT2D eigenvalue weighted by atomic mass is 16.5. The molecular weight excluding hydrogens is 294 g/mol. The Hall–Kier alpha value is -2.54. The van der Waals surface area contributed by atoms with Crippen molar-refractivity contribution in [3.8, 4) is 17.3 Å². The highest BCUT2D eigenvalue weighted by Crippen LogP contribution is 2.28. The van der Waals surface area contributed by atoms with Crippen LogP contribution in [0, 0.1) is 0 Å². The van der Waals surface area contributed by atoms with Crippen molar-refractivity contribution < 1.29 is 9.63 Å². The summed E-state index contributed by atoms with van der Waals surface area (Å²) in [6.45, 7) is 4.24. The van der Waals surface area contributed by atoms with E-state index >= 15 is 0 Å². The summed E-state index contributed by atoms with van der Waals surface area (Å²) in [4.78, 5) is 8.83. The Morgan fingerprint density at radius 3 is 2.83 bits per heavy atom. The predicted octanol–water partition coefficient (Wildman–Crippen LogP) is 2.37. The second kappa shape index (κ2) is 6.29. The molecule has 120 valence electrons. The van der Waals surface area contributed by atoms with Gasteiger partial charge in [-0.25, -0.2) is 9.67 Å². The van der Waals surface area contributed by atoms with E-state index in [9.17, 15) is 0 Å². The van der Waals surface area contributed by atoms with Crippen molar-refractivity contribution in [1.82, 2.24) is 24.9 Å². The molecule has 0 unspecified atom stereocenters. The van der Waals surface area contributed by atoms with Gasteiger partial charge in [0.25, 0.3) is 5.89 Å². The van der Waals surface area contributed by atoms with Crippen LogP contribution in [0.25, 0.3) is 17.3 Å². The van der Waals surface area contributed by atoms with Gasteiger partial charge in [-0.15, -0.1) is 0 Å². The van der Waals surface area contributed by atoms with Crippen molar-refractivity contribution >= 4 is 0 Å². The van der Waals surface area contributed by atoms with E-state index < -0.39 is 0 Å². The lowest BCUT2D eigenvalue weighted by Crippen LogP contribution is -2.19. The minimum Gasteiger partial charge on any atom is -0.396 e. The molecule has 3 aromatic rings. The van der Waals surface area contributed by atoms with Crippen LogP contribution >= 0.6 is 0 Å². The van der Waals surface area contributed by atoms with Gasteiger partial charge in [-0.05, 0) is 31.0 Å². The first-order valence-corrected chi connectivity index (χ1v) is 7.52. The molecule has 0 fully saturated rings. The maximum absolute atomic E-state index is 8.98. The van der Waals surface area contributed by atoms with Gasteiger partial charge in [0.15, 0.2) is 11.6 Å². The van der Waals surface area contributed by atoms with Gasteiger partial charge in [0.05, 0.1) is 5.56 Å². The van der Waals surface area contributed by atoms with Crippen molar-refractivity contribution in [1.29, 1.82) is 0 Å². The van der Waals surface area contributed by atoms with E-state index in [4.69, 9.17) is 9.63 Å². The first-order chi connectivity index (χ1) is 11.1. The molecule has 0 radical (unpaired) electrons. The molecule has 1 N–H and O–H groups in total. The van der Waals surface area contributed by atoms with E-state index in [1.807, 2.05) is 38.2 Å². The van der Waals surface area contributed by atoms with Crippen LogP contribution in [0.2, 0.25) is 0 Å². The summed E-state index contributed by atoms with van der Waals surface area (Å²) in [6.07, 6.45) is 6.72. The number of hydrogen-bond acceptors (Lipinski definition) is 6. The lowest BCUT2D eigenvalue weighted by molar-refractivity contribution is 0.264. The summed E-state index contributed by atoms with van der Waals surface area (Å²) in [7, 11) is 0. The maximum Gasteiger partial charge on any atom is 0.259 e. The molecule has 0 atom stereocenters. The monoisotopic (exact) mass is 313 g/mol. The first-order valence-electron chi connectivity index (χ1n) is 7.52. The largest absolute Gasteiger partial charge is 0.396 e. The van der Waals surface area contributed by atoms with Crippen molar-refractivity contribution in [3.05, 3.63) is 42.6 Å². The van der Waals surface area contributed by atoms with Gasteiger partial charge in [-0.3, -0.25) is 0 Å². The second-order valence-corrected chi connectivity index (χ2v) is 5.99. The number of aliphatic hydroxyl groups is 1. The van der Waals surface area contributed by atoms with Crippen LogP contribution in [0.5, 0.6) is 0 Å². The molecule has 0 saturated carbocycles. The smallest absolute Gasteiger partial charge is 0.259 e. The van der Waals surface area contributed by atoms with E-state index in [0.29, 0.717) is 18.1 Å². The fourth-order valence-electron chi connectivity index (χ4n) is 2.30. The zero-order valence-electron chi connectivity index (χ0n) is 13.2. The van der Waals surface area contributed by atoms with E-state index in [-0.39, 0.29) is 12.0 Å². The van der Waals surface area contributed by atoms with Gasteiger partial charge in [0.2, 0.25) is 0 Å². The lowest BCUT2D eigenvalue weighted by Gasteiger charge is -2.19. The molecule has 7 nitrogen and oxygen atoms in total. The molecule has 0 aliphatic carbocycles. The van der Waals surface area contributed by atoms with Crippen LogP contribution in [0.4, 0.5) is 0 Å². The zero-order valence-corrected chi connectivity index (χ0v) is 13.2. The van der Waals surface area contributed by atoms with Crippen molar-refractivity contribution in [2.75, 3.05) is 6.61 Å². The summed E-state index contributed by atoms with van der Waals surface area (Å²) < 4.78 is 7.04. The molecule has 0 amide bonds. The molecule has 0 saturated heterocycles. The third-order valence-electron chi connectivity index (χ3n) is 3.73. The van der Waals surface area contributed by atoms with Gasteiger partial charge in [-0.1, -0.05) is 19.0 Å². The molecule has 23 heavy (non-hydrogen) atoms. The molecule has 0 spiro atoms.